The zero-order valence-corrected chi connectivity index (χ0v) is 8.27. The van der Waals surface area contributed by atoms with Crippen molar-refractivity contribution < 1.29 is 4.90 Å². The Balaban J connectivity index is 0.000000561. The average Bonchev–Trinajstić information content (AvgIpc) is 2.51. The first kappa shape index (κ1) is 11.4. The minimum absolute atomic E-state index is 1.000. The van der Waals surface area contributed by atoms with Crippen molar-refractivity contribution >= 4 is 0 Å². The van der Waals surface area contributed by atoms with E-state index in [9.17, 15) is 0 Å². The van der Waals surface area contributed by atoms with Gasteiger partial charge >= 0.3 is 0 Å². The van der Waals surface area contributed by atoms with E-state index in [-0.39, 0.29) is 0 Å². The van der Waals surface area contributed by atoms with Crippen LogP contribution in [-0.2, 0) is 0 Å². The molecule has 0 radical (unpaired) electrons. The van der Waals surface area contributed by atoms with Crippen LogP contribution >= 0.6 is 0 Å². The van der Waals surface area contributed by atoms with Crippen molar-refractivity contribution in [3.8, 4) is 0 Å². The molecule has 2 heteroatoms. The molecule has 0 aromatic carbocycles. The smallest absolute Gasteiger partial charge is 0.0874 e. The van der Waals surface area contributed by atoms with Crippen LogP contribution in [0.3, 0.4) is 0 Å². The molecule has 2 atom stereocenters. The fourth-order valence-electron chi connectivity index (χ4n) is 1.92. The largest absolute Gasteiger partial charge is 0.512 e. The second-order valence-corrected chi connectivity index (χ2v) is 3.58. The van der Waals surface area contributed by atoms with Gasteiger partial charge < -0.3 is 16.7 Å². The van der Waals surface area contributed by atoms with Gasteiger partial charge in [-0.15, -0.1) is 0 Å². The Hall–Kier alpha value is -0.550. The van der Waals surface area contributed by atoms with E-state index in [0.717, 1.165) is 6.04 Å². The zero-order chi connectivity index (χ0) is 9.40. The first-order valence-electron chi connectivity index (χ1n) is 4.89. The molecule has 1 rings (SSSR count). The van der Waals surface area contributed by atoms with E-state index in [1.165, 1.54) is 38.6 Å². The highest BCUT2D eigenvalue weighted by Gasteiger charge is 2.23. The maximum atomic E-state index is 6.25. The van der Waals surface area contributed by atoms with Gasteiger partial charge in [0.05, 0.1) is 19.6 Å². The minimum Gasteiger partial charge on any atom is -0.512 e. The fourth-order valence-corrected chi connectivity index (χ4v) is 1.92. The Labute approximate surface area is 76.2 Å². The van der Waals surface area contributed by atoms with Crippen molar-refractivity contribution in [3.05, 3.63) is 6.57 Å². The number of nitrogens with one attached hydrogen (secondary N) is 1. The van der Waals surface area contributed by atoms with Crippen molar-refractivity contribution in [2.75, 3.05) is 13.6 Å². The van der Waals surface area contributed by atoms with Crippen molar-refractivity contribution in [2.24, 2.45) is 0 Å². The maximum Gasteiger partial charge on any atom is 0.0874 e. The van der Waals surface area contributed by atoms with Crippen molar-refractivity contribution in [3.63, 3.8) is 0 Å². The molecule has 0 spiro atoms. The van der Waals surface area contributed by atoms with Gasteiger partial charge in [-0.2, -0.15) is 0 Å². The summed E-state index contributed by atoms with van der Waals surface area (Å²) in [5.74, 6) is 0. The molecular formula is C10H20N2. The summed E-state index contributed by atoms with van der Waals surface area (Å²) in [5, 5.41) is 6.25. The Bertz CT molecular complexity index is 120. The van der Waals surface area contributed by atoms with Crippen LogP contribution in [-0.4, -0.2) is 19.6 Å². The predicted octanol–water partition coefficient (Wildman–Crippen LogP) is 0.950. The normalized spacial score (nSPS) is 27.7. The fraction of sp³-hybridized carbons (Fsp3) is 0.900. The summed E-state index contributed by atoms with van der Waals surface area (Å²) < 4.78 is 0. The van der Waals surface area contributed by atoms with Crippen molar-refractivity contribution in [1.29, 1.82) is 5.26 Å². The first-order chi connectivity index (χ1) is 5.84. The molecule has 1 aliphatic rings. The van der Waals surface area contributed by atoms with Gasteiger partial charge in [-0.25, -0.2) is 0 Å². The van der Waals surface area contributed by atoms with Gasteiger partial charge in [0.2, 0.25) is 0 Å². The van der Waals surface area contributed by atoms with Crippen LogP contribution in [0.15, 0.2) is 0 Å². The van der Waals surface area contributed by atoms with Crippen molar-refractivity contribution in [2.45, 2.75) is 45.1 Å². The Morgan fingerprint density at radius 1 is 1.50 bits per heavy atom. The molecule has 1 fully saturated rings. The number of quaternary nitrogens is 1. The average molecular weight is 168 g/mol. The maximum absolute atomic E-state index is 6.25. The van der Waals surface area contributed by atoms with E-state index >= 15 is 0 Å². The molecule has 0 bridgehead atoms. The van der Waals surface area contributed by atoms with Gasteiger partial charge in [0, 0.05) is 12.8 Å². The quantitative estimate of drug-likeness (QED) is 0.624. The zero-order valence-electron chi connectivity index (χ0n) is 8.27. The van der Waals surface area contributed by atoms with Crippen molar-refractivity contribution in [1.82, 2.24) is 0 Å². The molecule has 2 unspecified atom stereocenters. The number of unbranched alkanes of at least 4 members (excludes halogenated alkanes) is 1. The van der Waals surface area contributed by atoms with Crippen LogP contribution in [0.25, 0.3) is 0 Å². The lowest BCUT2D eigenvalue weighted by Gasteiger charge is -2.15. The number of likely N-dealkylation sites (tertiary alicyclic amines) is 1. The summed E-state index contributed by atoms with van der Waals surface area (Å²) in [7, 11) is 2.34. The van der Waals surface area contributed by atoms with Gasteiger partial charge in [0.1, 0.15) is 0 Å². The van der Waals surface area contributed by atoms with Gasteiger partial charge in [-0.05, 0) is 12.8 Å². The Morgan fingerprint density at radius 2 is 2.17 bits per heavy atom. The second kappa shape index (κ2) is 7.12. The monoisotopic (exact) mass is 168 g/mol. The van der Waals surface area contributed by atoms with Gasteiger partial charge in [0.15, 0.2) is 0 Å². The van der Waals surface area contributed by atoms with Crippen LogP contribution in [0, 0.1) is 11.8 Å². The third-order valence-electron chi connectivity index (χ3n) is 2.73. The summed E-state index contributed by atoms with van der Waals surface area (Å²) in [6.45, 7) is 8.44. The first-order valence-corrected chi connectivity index (χ1v) is 4.89. The van der Waals surface area contributed by atoms with Crippen LogP contribution < -0.4 is 4.90 Å². The highest BCUT2D eigenvalue weighted by molar-refractivity contribution is 4.60. The molecule has 1 N–H and O–H groups in total. The molecule has 0 aromatic rings. The second-order valence-electron chi connectivity index (χ2n) is 3.58. The summed E-state index contributed by atoms with van der Waals surface area (Å²) >= 11 is 0. The molecule has 1 saturated heterocycles. The number of rotatable bonds is 3. The Kier molecular flexibility index (Phi) is 6.79. The van der Waals surface area contributed by atoms with E-state index in [4.69, 9.17) is 11.8 Å². The van der Waals surface area contributed by atoms with E-state index in [1.54, 1.807) is 4.90 Å². The molecule has 0 aromatic heterocycles. The lowest BCUT2D eigenvalue weighted by Crippen LogP contribution is -3.10. The van der Waals surface area contributed by atoms with Crippen LogP contribution in [0.2, 0.25) is 0 Å². The third-order valence-corrected chi connectivity index (χ3v) is 2.73. The Morgan fingerprint density at radius 3 is 2.58 bits per heavy atom. The lowest BCUT2D eigenvalue weighted by molar-refractivity contribution is -0.892. The summed E-state index contributed by atoms with van der Waals surface area (Å²) in [6, 6.07) is 1.000. The predicted molar refractivity (Wildman–Crippen MR) is 49.3 cm³/mol. The molecule has 0 aliphatic carbocycles. The molecule has 2 nitrogen and oxygen atoms in total. The molecule has 70 valence electrons. The van der Waals surface area contributed by atoms with E-state index in [1.807, 2.05) is 0 Å². The third kappa shape index (κ3) is 3.73. The highest BCUT2D eigenvalue weighted by atomic mass is 15.1. The number of nitrogens with zero attached hydrogens (tertiary/aromatic N) is 1. The van der Waals surface area contributed by atoms with Gasteiger partial charge in [-0.3, -0.25) is 0 Å². The topological polar surface area (TPSA) is 28.2 Å². The number of hydrogen-bond acceptors (Lipinski definition) is 1. The molecular weight excluding hydrogens is 148 g/mol. The molecule has 12 heavy (non-hydrogen) atoms. The molecule has 0 saturated carbocycles. The molecule has 0 amide bonds. The molecule has 1 heterocycles. The van der Waals surface area contributed by atoms with E-state index in [0.29, 0.717) is 0 Å². The highest BCUT2D eigenvalue weighted by Crippen LogP contribution is 2.06. The summed E-state index contributed by atoms with van der Waals surface area (Å²) in [5.41, 5.74) is 0. The number of hydrogen-bond donors (Lipinski definition) is 1. The molecule has 1 aliphatic heterocycles. The van der Waals surface area contributed by atoms with E-state index < -0.39 is 0 Å². The minimum atomic E-state index is 1.000. The standard InChI is InChI=1S/C9H19N.CN/c1-3-4-6-9-7-5-8-10(9)2;1-2/h9H,3-8H2,1-2H3;/q;-1/p+1. The SMILES string of the molecule is CCCCC1CCC[NH+]1C.[C-]#N. The van der Waals surface area contributed by atoms with E-state index in [2.05, 4.69) is 14.0 Å². The van der Waals surface area contributed by atoms with Crippen LogP contribution in [0.1, 0.15) is 39.0 Å². The summed E-state index contributed by atoms with van der Waals surface area (Å²) in [4.78, 5) is 1.77. The lowest BCUT2D eigenvalue weighted by atomic mass is 10.1. The van der Waals surface area contributed by atoms with Crippen LogP contribution in [0.4, 0.5) is 0 Å². The van der Waals surface area contributed by atoms with Crippen LogP contribution in [0.5, 0.6) is 0 Å². The summed E-state index contributed by atoms with van der Waals surface area (Å²) in [6.07, 6.45) is 7.19. The van der Waals surface area contributed by atoms with Gasteiger partial charge in [-0.1, -0.05) is 13.3 Å². The van der Waals surface area contributed by atoms with Gasteiger partial charge in [0.25, 0.3) is 0 Å².